The van der Waals surface area contributed by atoms with Gasteiger partial charge < -0.3 is 14.6 Å². The summed E-state index contributed by atoms with van der Waals surface area (Å²) in [4.78, 5) is 24.0. The van der Waals surface area contributed by atoms with Crippen LogP contribution in [0, 0.1) is 0 Å². The summed E-state index contributed by atoms with van der Waals surface area (Å²) in [5, 5.41) is 15.7. The first-order valence-electron chi connectivity index (χ1n) is 9.71. The first-order chi connectivity index (χ1) is 14.7. The Labute approximate surface area is 180 Å². The van der Waals surface area contributed by atoms with Crippen molar-refractivity contribution in [3.05, 3.63) is 71.8 Å². The minimum Gasteiger partial charge on any atom is -0.507 e. The van der Waals surface area contributed by atoms with E-state index in [1.807, 2.05) is 24.3 Å². The molecular weight excluding hydrogens is 396 g/mol. The van der Waals surface area contributed by atoms with Crippen molar-refractivity contribution in [3.8, 4) is 11.5 Å². The minimum atomic E-state index is -0.561. The number of amides is 1. The number of esters is 1. The number of carbonyl (C=O) groups is 2. The number of benzene rings is 3. The number of ether oxygens (including phenoxy) is 2. The van der Waals surface area contributed by atoms with Crippen LogP contribution in [0.25, 0.3) is 10.8 Å². The molecule has 0 aliphatic rings. The molecule has 0 aliphatic heterocycles. The molecule has 7 nitrogen and oxygen atoms in total. The number of carbonyl (C=O) groups excluding carboxylic acids is 2. The van der Waals surface area contributed by atoms with Gasteiger partial charge in [-0.1, -0.05) is 24.3 Å². The number of fused-ring (bicyclic) bond motifs is 1. The first-order valence-corrected chi connectivity index (χ1v) is 9.71. The number of nitrogens with one attached hydrogen (secondary N) is 1. The zero-order chi connectivity index (χ0) is 22.4. The van der Waals surface area contributed by atoms with Gasteiger partial charge >= 0.3 is 5.97 Å². The van der Waals surface area contributed by atoms with Gasteiger partial charge in [0.1, 0.15) is 17.1 Å². The number of phenols is 1. The molecule has 7 heteroatoms. The SMILES string of the molecule is CC(C)(C)OC(=O)COc1ccc(/C=N\NC(=O)c2cc3ccccc3cc2O)cc1. The molecule has 0 saturated carbocycles. The maximum absolute atomic E-state index is 12.4. The van der Waals surface area contributed by atoms with Crippen LogP contribution in [0.15, 0.2) is 65.8 Å². The summed E-state index contributed by atoms with van der Waals surface area (Å²) >= 11 is 0. The lowest BCUT2D eigenvalue weighted by Crippen LogP contribution is -2.27. The highest BCUT2D eigenvalue weighted by Gasteiger charge is 2.16. The lowest BCUT2D eigenvalue weighted by atomic mass is 10.1. The van der Waals surface area contributed by atoms with Crippen LogP contribution >= 0.6 is 0 Å². The normalized spacial score (nSPS) is 11.5. The number of nitrogens with zero attached hydrogens (tertiary/aromatic N) is 1. The predicted molar refractivity (Wildman–Crippen MR) is 118 cm³/mol. The fraction of sp³-hybridized carbons (Fsp3) is 0.208. The standard InChI is InChI=1S/C24H24N2O5/c1-24(2,3)31-22(28)15-30-19-10-8-16(9-11-19)14-25-26-23(29)20-12-17-6-4-5-7-18(17)13-21(20)27/h4-14,27H,15H2,1-3H3,(H,26,29)/b25-14-. The van der Waals surface area contributed by atoms with Crippen LogP contribution < -0.4 is 10.2 Å². The van der Waals surface area contributed by atoms with E-state index in [9.17, 15) is 14.7 Å². The molecule has 3 aromatic carbocycles. The second-order valence-electron chi connectivity index (χ2n) is 7.86. The Kier molecular flexibility index (Phi) is 6.55. The lowest BCUT2D eigenvalue weighted by Gasteiger charge is -2.19. The second kappa shape index (κ2) is 9.30. The number of rotatable bonds is 6. The summed E-state index contributed by atoms with van der Waals surface area (Å²) < 4.78 is 10.6. The Balaban J connectivity index is 1.56. The molecule has 1 amide bonds. The summed E-state index contributed by atoms with van der Waals surface area (Å²) in [6.07, 6.45) is 1.47. The lowest BCUT2D eigenvalue weighted by molar-refractivity contribution is -0.157. The van der Waals surface area contributed by atoms with E-state index in [4.69, 9.17) is 9.47 Å². The van der Waals surface area contributed by atoms with Gasteiger partial charge in [-0.3, -0.25) is 4.79 Å². The molecule has 160 valence electrons. The van der Waals surface area contributed by atoms with Crippen molar-refractivity contribution in [1.29, 1.82) is 0 Å². The Morgan fingerprint density at radius 3 is 2.32 bits per heavy atom. The largest absolute Gasteiger partial charge is 0.507 e. The molecule has 3 aromatic rings. The minimum absolute atomic E-state index is 0.113. The fourth-order valence-corrected chi connectivity index (χ4v) is 2.80. The third kappa shape index (κ3) is 6.30. The van der Waals surface area contributed by atoms with Crippen molar-refractivity contribution >= 4 is 28.9 Å². The zero-order valence-electron chi connectivity index (χ0n) is 17.6. The van der Waals surface area contributed by atoms with Crippen molar-refractivity contribution in [2.24, 2.45) is 5.10 Å². The van der Waals surface area contributed by atoms with Crippen LogP contribution in [0.1, 0.15) is 36.7 Å². The van der Waals surface area contributed by atoms with Crippen molar-refractivity contribution in [1.82, 2.24) is 5.43 Å². The molecule has 0 aliphatic carbocycles. The smallest absolute Gasteiger partial charge is 0.344 e. The van der Waals surface area contributed by atoms with Crippen molar-refractivity contribution in [2.45, 2.75) is 26.4 Å². The molecule has 2 N–H and O–H groups in total. The van der Waals surface area contributed by atoms with Gasteiger partial charge in [0.25, 0.3) is 5.91 Å². The number of aromatic hydroxyl groups is 1. The van der Waals surface area contributed by atoms with Gasteiger partial charge in [-0.15, -0.1) is 0 Å². The third-order valence-electron chi connectivity index (χ3n) is 4.15. The third-order valence-corrected chi connectivity index (χ3v) is 4.15. The highest BCUT2D eigenvalue weighted by atomic mass is 16.6. The molecule has 0 bridgehead atoms. The van der Waals surface area contributed by atoms with E-state index in [0.717, 1.165) is 10.8 Å². The van der Waals surface area contributed by atoms with E-state index in [1.165, 1.54) is 6.21 Å². The fourth-order valence-electron chi connectivity index (χ4n) is 2.80. The van der Waals surface area contributed by atoms with Gasteiger partial charge in [-0.25, -0.2) is 10.2 Å². The van der Waals surface area contributed by atoms with E-state index in [0.29, 0.717) is 11.3 Å². The van der Waals surface area contributed by atoms with E-state index in [-0.39, 0.29) is 17.9 Å². The summed E-state index contributed by atoms with van der Waals surface area (Å²) in [6.45, 7) is 5.19. The summed E-state index contributed by atoms with van der Waals surface area (Å²) in [5.41, 5.74) is 2.70. The average molecular weight is 420 g/mol. The second-order valence-corrected chi connectivity index (χ2v) is 7.86. The van der Waals surface area contributed by atoms with Crippen LogP contribution in [-0.2, 0) is 9.53 Å². The quantitative estimate of drug-likeness (QED) is 0.356. The zero-order valence-corrected chi connectivity index (χ0v) is 17.6. The van der Waals surface area contributed by atoms with Gasteiger partial charge in [0.2, 0.25) is 0 Å². The number of hydrazone groups is 1. The maximum atomic E-state index is 12.4. The van der Waals surface area contributed by atoms with Crippen molar-refractivity contribution < 1.29 is 24.2 Å². The first kappa shape index (κ1) is 21.8. The van der Waals surface area contributed by atoms with E-state index in [1.54, 1.807) is 57.2 Å². The maximum Gasteiger partial charge on any atom is 0.344 e. The van der Waals surface area contributed by atoms with Crippen LogP contribution in [0.5, 0.6) is 11.5 Å². The molecule has 0 atom stereocenters. The topological polar surface area (TPSA) is 97.2 Å². The molecule has 31 heavy (non-hydrogen) atoms. The Morgan fingerprint density at radius 2 is 1.68 bits per heavy atom. The average Bonchev–Trinajstić information content (AvgIpc) is 2.71. The molecule has 0 radical (unpaired) electrons. The Hall–Kier alpha value is -3.87. The molecular formula is C24H24N2O5. The summed E-state index contributed by atoms with van der Waals surface area (Å²) in [7, 11) is 0. The molecule has 0 aromatic heterocycles. The molecule has 0 heterocycles. The van der Waals surface area contributed by atoms with Gasteiger partial charge in [0.05, 0.1) is 11.8 Å². The number of phenolic OH excluding ortho intramolecular Hbond substituents is 1. The highest BCUT2D eigenvalue weighted by Crippen LogP contribution is 2.24. The van der Waals surface area contributed by atoms with E-state index >= 15 is 0 Å². The van der Waals surface area contributed by atoms with Crippen LogP contribution in [0.4, 0.5) is 0 Å². The number of hydrogen-bond acceptors (Lipinski definition) is 6. The Bertz CT molecular complexity index is 1120. The molecule has 0 unspecified atom stereocenters. The highest BCUT2D eigenvalue weighted by molar-refractivity contribution is 6.01. The summed E-state index contributed by atoms with van der Waals surface area (Å²) in [6, 6.07) is 17.4. The summed E-state index contributed by atoms with van der Waals surface area (Å²) in [5.74, 6) is -0.569. The van der Waals surface area contributed by atoms with Crippen molar-refractivity contribution in [2.75, 3.05) is 6.61 Å². The van der Waals surface area contributed by atoms with Crippen LogP contribution in [0.2, 0.25) is 0 Å². The van der Waals surface area contributed by atoms with Gasteiger partial charge in [-0.05, 0) is 73.5 Å². The van der Waals surface area contributed by atoms with Gasteiger partial charge in [0, 0.05) is 0 Å². The molecule has 3 rings (SSSR count). The van der Waals surface area contributed by atoms with Gasteiger partial charge in [-0.2, -0.15) is 5.10 Å². The van der Waals surface area contributed by atoms with Crippen LogP contribution in [-0.4, -0.2) is 35.4 Å². The van der Waals surface area contributed by atoms with Crippen molar-refractivity contribution in [3.63, 3.8) is 0 Å². The van der Waals surface area contributed by atoms with Crippen LogP contribution in [0.3, 0.4) is 0 Å². The monoisotopic (exact) mass is 420 g/mol. The van der Waals surface area contributed by atoms with E-state index in [2.05, 4.69) is 10.5 Å². The Morgan fingerprint density at radius 1 is 1.03 bits per heavy atom. The predicted octanol–water partition coefficient (Wildman–Crippen LogP) is 4.03. The molecule has 0 fully saturated rings. The van der Waals surface area contributed by atoms with E-state index < -0.39 is 17.5 Å². The molecule has 0 spiro atoms. The number of hydrogen-bond donors (Lipinski definition) is 2. The molecule has 0 saturated heterocycles. The van der Waals surface area contributed by atoms with Gasteiger partial charge in [0.15, 0.2) is 6.61 Å².